The van der Waals surface area contributed by atoms with Gasteiger partial charge in [0.15, 0.2) is 6.10 Å². The number of ether oxygens (including phenoxy) is 2. The van der Waals surface area contributed by atoms with Gasteiger partial charge in [0.1, 0.15) is 5.75 Å². The van der Waals surface area contributed by atoms with Gasteiger partial charge in [-0.3, -0.25) is 0 Å². The zero-order valence-corrected chi connectivity index (χ0v) is 10.4. The number of carbonyl (C=O) groups excluding carboxylic acids is 1. The Labute approximate surface area is 102 Å². The van der Waals surface area contributed by atoms with Crippen LogP contribution in [0.15, 0.2) is 18.2 Å². The molecule has 3 heteroatoms. The van der Waals surface area contributed by atoms with Crippen LogP contribution in [0, 0.1) is 0 Å². The third-order valence-corrected chi connectivity index (χ3v) is 3.00. The molecule has 3 nitrogen and oxygen atoms in total. The first kappa shape index (κ1) is 12.0. The third-order valence-electron chi connectivity index (χ3n) is 3.00. The molecule has 0 spiro atoms. The summed E-state index contributed by atoms with van der Waals surface area (Å²) in [5.74, 6) is 0.444. The van der Waals surface area contributed by atoms with Crippen LogP contribution in [0.3, 0.4) is 0 Å². The largest absolute Gasteiger partial charge is 0.479 e. The molecule has 1 atom stereocenters. The van der Waals surface area contributed by atoms with E-state index >= 15 is 0 Å². The number of esters is 1. The number of rotatable bonds is 4. The molecule has 1 aliphatic carbocycles. The summed E-state index contributed by atoms with van der Waals surface area (Å²) in [5.41, 5.74) is 2.75. The van der Waals surface area contributed by atoms with Crippen molar-refractivity contribution in [2.24, 2.45) is 0 Å². The molecule has 0 bridgehead atoms. The Morgan fingerprint density at radius 1 is 1.35 bits per heavy atom. The maximum absolute atomic E-state index is 11.4. The van der Waals surface area contributed by atoms with Crippen molar-refractivity contribution in [2.45, 2.75) is 39.2 Å². The predicted molar refractivity (Wildman–Crippen MR) is 65.2 cm³/mol. The van der Waals surface area contributed by atoms with E-state index in [1.165, 1.54) is 17.5 Å². The Kier molecular flexibility index (Phi) is 3.67. The Balaban J connectivity index is 2.01. The molecule has 17 heavy (non-hydrogen) atoms. The maximum atomic E-state index is 11.4. The molecule has 0 heterocycles. The highest BCUT2D eigenvalue weighted by Crippen LogP contribution is 2.26. The standard InChI is InChI=1S/C14H18O3/c1-3-16-14(15)10(2)17-13-8-7-11-5-4-6-12(11)9-13/h7-10H,3-6H2,1-2H3/t10-/m0/s1. The minimum Gasteiger partial charge on any atom is -0.479 e. The van der Waals surface area contributed by atoms with Crippen LogP contribution in [0.4, 0.5) is 0 Å². The molecule has 0 aliphatic heterocycles. The van der Waals surface area contributed by atoms with Gasteiger partial charge >= 0.3 is 5.97 Å². The van der Waals surface area contributed by atoms with Gasteiger partial charge in [0.05, 0.1) is 6.61 Å². The van der Waals surface area contributed by atoms with Crippen LogP contribution in [0.25, 0.3) is 0 Å². The van der Waals surface area contributed by atoms with Gasteiger partial charge in [-0.1, -0.05) is 6.07 Å². The fraction of sp³-hybridized carbons (Fsp3) is 0.500. The quantitative estimate of drug-likeness (QED) is 0.751. The van der Waals surface area contributed by atoms with E-state index in [0.717, 1.165) is 18.6 Å². The highest BCUT2D eigenvalue weighted by Gasteiger charge is 2.17. The van der Waals surface area contributed by atoms with Gasteiger partial charge in [0.2, 0.25) is 0 Å². The van der Waals surface area contributed by atoms with Crippen molar-refractivity contribution in [1.29, 1.82) is 0 Å². The number of benzene rings is 1. The zero-order chi connectivity index (χ0) is 12.3. The van der Waals surface area contributed by atoms with E-state index in [4.69, 9.17) is 9.47 Å². The lowest BCUT2D eigenvalue weighted by atomic mass is 10.1. The Hall–Kier alpha value is -1.51. The summed E-state index contributed by atoms with van der Waals surface area (Å²) < 4.78 is 10.5. The molecule has 0 aromatic heterocycles. The van der Waals surface area contributed by atoms with E-state index in [0.29, 0.717) is 6.61 Å². The average molecular weight is 234 g/mol. The van der Waals surface area contributed by atoms with E-state index in [1.54, 1.807) is 13.8 Å². The molecule has 1 aromatic carbocycles. The summed E-state index contributed by atoms with van der Waals surface area (Å²) in [6.07, 6.45) is 2.93. The molecule has 0 fully saturated rings. The number of carbonyl (C=O) groups is 1. The summed E-state index contributed by atoms with van der Waals surface area (Å²) in [6.45, 7) is 3.89. The van der Waals surface area contributed by atoms with Crippen molar-refractivity contribution in [3.63, 3.8) is 0 Å². The molecule has 1 aliphatic rings. The molecule has 92 valence electrons. The number of aryl methyl sites for hydroxylation is 2. The molecular weight excluding hydrogens is 216 g/mol. The number of fused-ring (bicyclic) bond motifs is 1. The summed E-state index contributed by atoms with van der Waals surface area (Å²) >= 11 is 0. The second-order valence-electron chi connectivity index (χ2n) is 4.30. The smallest absolute Gasteiger partial charge is 0.347 e. The fourth-order valence-electron chi connectivity index (χ4n) is 2.13. The molecule has 0 unspecified atom stereocenters. The van der Waals surface area contributed by atoms with Gasteiger partial charge in [-0.05, 0) is 56.4 Å². The summed E-state index contributed by atoms with van der Waals surface area (Å²) in [5, 5.41) is 0. The Morgan fingerprint density at radius 3 is 2.88 bits per heavy atom. The molecule has 0 radical (unpaired) electrons. The molecule has 1 aromatic rings. The van der Waals surface area contributed by atoms with E-state index in [2.05, 4.69) is 6.07 Å². The zero-order valence-electron chi connectivity index (χ0n) is 10.4. The average Bonchev–Trinajstić information content (AvgIpc) is 2.76. The summed E-state index contributed by atoms with van der Waals surface area (Å²) in [4.78, 5) is 11.4. The fourth-order valence-corrected chi connectivity index (χ4v) is 2.13. The number of hydrogen-bond donors (Lipinski definition) is 0. The van der Waals surface area contributed by atoms with Crippen molar-refractivity contribution in [1.82, 2.24) is 0 Å². The molecule has 2 rings (SSSR count). The van der Waals surface area contributed by atoms with Gasteiger partial charge in [-0.15, -0.1) is 0 Å². The van der Waals surface area contributed by atoms with Crippen LogP contribution in [-0.2, 0) is 22.4 Å². The van der Waals surface area contributed by atoms with Crippen molar-refractivity contribution < 1.29 is 14.3 Å². The predicted octanol–water partition coefficient (Wildman–Crippen LogP) is 2.51. The highest BCUT2D eigenvalue weighted by molar-refractivity contribution is 5.74. The molecule has 0 N–H and O–H groups in total. The van der Waals surface area contributed by atoms with Gasteiger partial charge in [-0.25, -0.2) is 4.79 Å². The topological polar surface area (TPSA) is 35.5 Å². The molecule has 0 saturated carbocycles. The molecule has 0 saturated heterocycles. The van der Waals surface area contributed by atoms with E-state index < -0.39 is 6.10 Å². The highest BCUT2D eigenvalue weighted by atomic mass is 16.6. The van der Waals surface area contributed by atoms with Gasteiger partial charge in [0, 0.05) is 0 Å². The lowest BCUT2D eigenvalue weighted by Gasteiger charge is -2.14. The first-order valence-corrected chi connectivity index (χ1v) is 6.16. The first-order valence-electron chi connectivity index (χ1n) is 6.16. The van der Waals surface area contributed by atoms with Crippen molar-refractivity contribution in [2.75, 3.05) is 6.61 Å². The van der Waals surface area contributed by atoms with Crippen LogP contribution >= 0.6 is 0 Å². The van der Waals surface area contributed by atoms with Crippen LogP contribution in [0.5, 0.6) is 5.75 Å². The second kappa shape index (κ2) is 5.21. The molecule has 0 amide bonds. The third kappa shape index (κ3) is 2.78. The lowest BCUT2D eigenvalue weighted by Crippen LogP contribution is -2.26. The Morgan fingerprint density at radius 2 is 2.12 bits per heavy atom. The minimum atomic E-state index is -0.547. The van der Waals surface area contributed by atoms with Crippen LogP contribution in [0.1, 0.15) is 31.4 Å². The van der Waals surface area contributed by atoms with Crippen LogP contribution in [-0.4, -0.2) is 18.7 Å². The lowest BCUT2D eigenvalue weighted by molar-refractivity contribution is -0.150. The van der Waals surface area contributed by atoms with E-state index in [9.17, 15) is 4.79 Å². The molecular formula is C14H18O3. The summed E-state index contributed by atoms with van der Waals surface area (Å²) in [6, 6.07) is 6.06. The van der Waals surface area contributed by atoms with Gasteiger partial charge in [-0.2, -0.15) is 0 Å². The number of hydrogen-bond acceptors (Lipinski definition) is 3. The van der Waals surface area contributed by atoms with Crippen LogP contribution < -0.4 is 4.74 Å². The minimum absolute atomic E-state index is 0.312. The van der Waals surface area contributed by atoms with E-state index in [1.807, 2.05) is 12.1 Å². The van der Waals surface area contributed by atoms with Crippen molar-refractivity contribution in [3.8, 4) is 5.75 Å². The van der Waals surface area contributed by atoms with Gasteiger partial charge in [0.25, 0.3) is 0 Å². The van der Waals surface area contributed by atoms with Gasteiger partial charge < -0.3 is 9.47 Å². The monoisotopic (exact) mass is 234 g/mol. The second-order valence-corrected chi connectivity index (χ2v) is 4.30. The van der Waals surface area contributed by atoms with Crippen molar-refractivity contribution in [3.05, 3.63) is 29.3 Å². The maximum Gasteiger partial charge on any atom is 0.347 e. The SMILES string of the molecule is CCOC(=O)[C@H](C)Oc1ccc2c(c1)CCC2. The van der Waals surface area contributed by atoms with Crippen LogP contribution in [0.2, 0.25) is 0 Å². The first-order chi connectivity index (χ1) is 8.20. The Bertz CT molecular complexity index is 412. The van der Waals surface area contributed by atoms with Crippen molar-refractivity contribution >= 4 is 5.97 Å². The summed E-state index contributed by atoms with van der Waals surface area (Å²) in [7, 11) is 0. The normalized spacial score (nSPS) is 15.2. The van der Waals surface area contributed by atoms with E-state index in [-0.39, 0.29) is 5.97 Å².